The van der Waals surface area contributed by atoms with Crippen LogP contribution >= 0.6 is 11.3 Å². The molecule has 1 aromatic rings. The first-order valence-corrected chi connectivity index (χ1v) is 4.30. The first kappa shape index (κ1) is 9.69. The van der Waals surface area contributed by atoms with Crippen LogP contribution in [0.2, 0.25) is 0 Å². The molecule has 0 aliphatic heterocycles. The molecule has 70 valence electrons. The highest BCUT2D eigenvalue weighted by Gasteiger charge is 2.11. The molecule has 0 aliphatic rings. The summed E-state index contributed by atoms with van der Waals surface area (Å²) in [5.41, 5.74) is 2.61. The maximum Gasteiger partial charge on any atom is 0.340 e. The molecule has 2 N–H and O–H groups in total. The van der Waals surface area contributed by atoms with E-state index in [4.69, 9.17) is 5.21 Å². The third-order valence-corrected chi connectivity index (χ3v) is 2.04. The number of rotatable bonds is 3. The Hall–Kier alpha value is -1.40. The molecule has 0 spiro atoms. The Bertz CT molecular complexity index is 321. The van der Waals surface area contributed by atoms with Crippen LogP contribution in [0.25, 0.3) is 0 Å². The van der Waals surface area contributed by atoms with Crippen molar-refractivity contribution in [3.8, 4) is 0 Å². The average molecular weight is 200 g/mol. The van der Waals surface area contributed by atoms with Gasteiger partial charge in [-0.3, -0.25) is 10.7 Å². The van der Waals surface area contributed by atoms with E-state index in [0.717, 1.165) is 6.34 Å². The Morgan fingerprint density at radius 1 is 1.77 bits per heavy atom. The van der Waals surface area contributed by atoms with E-state index in [1.165, 1.54) is 18.4 Å². The van der Waals surface area contributed by atoms with Crippen molar-refractivity contribution in [2.45, 2.75) is 0 Å². The molecule has 0 aliphatic carbocycles. The van der Waals surface area contributed by atoms with Crippen LogP contribution in [-0.4, -0.2) is 24.6 Å². The molecular weight excluding hydrogens is 192 g/mol. The number of carbonyl (C=O) groups is 1. The molecule has 0 aromatic carbocycles. The van der Waals surface area contributed by atoms with Crippen molar-refractivity contribution in [1.82, 2.24) is 5.48 Å². The van der Waals surface area contributed by atoms with Crippen LogP contribution in [0.5, 0.6) is 0 Å². The number of hydrogen-bond donors (Lipinski definition) is 2. The van der Waals surface area contributed by atoms with Crippen LogP contribution in [0.1, 0.15) is 10.4 Å². The number of carbonyl (C=O) groups excluding carboxylic acids is 1. The quantitative estimate of drug-likeness (QED) is 0.332. The van der Waals surface area contributed by atoms with Gasteiger partial charge in [-0.25, -0.2) is 9.79 Å². The Labute approximate surface area is 78.6 Å². The van der Waals surface area contributed by atoms with Gasteiger partial charge in [0, 0.05) is 10.8 Å². The van der Waals surface area contributed by atoms with E-state index in [9.17, 15) is 4.79 Å². The van der Waals surface area contributed by atoms with Crippen molar-refractivity contribution in [2.24, 2.45) is 4.99 Å². The smallest absolute Gasteiger partial charge is 0.340 e. The standard InChI is InChI=1S/C7H8N2O3S/c1-12-7(10)5-2-13-3-6(5)8-4-9-11/h2-4,11H,1H3,(H,8,9). The van der Waals surface area contributed by atoms with Crippen molar-refractivity contribution >= 4 is 29.3 Å². The fourth-order valence-corrected chi connectivity index (χ4v) is 1.49. The van der Waals surface area contributed by atoms with Crippen LogP contribution in [-0.2, 0) is 4.74 Å². The van der Waals surface area contributed by atoms with Gasteiger partial charge in [0.05, 0.1) is 18.4 Å². The molecule has 5 nitrogen and oxygen atoms in total. The number of hydroxylamine groups is 1. The summed E-state index contributed by atoms with van der Waals surface area (Å²) in [5.74, 6) is -0.439. The van der Waals surface area contributed by atoms with Gasteiger partial charge in [-0.2, -0.15) is 0 Å². The second-order valence-corrected chi connectivity index (χ2v) is 2.79. The van der Waals surface area contributed by atoms with E-state index in [2.05, 4.69) is 9.73 Å². The van der Waals surface area contributed by atoms with Gasteiger partial charge in [-0.1, -0.05) is 0 Å². The Morgan fingerprint density at radius 2 is 2.54 bits per heavy atom. The fraction of sp³-hybridized carbons (Fsp3) is 0.143. The zero-order chi connectivity index (χ0) is 9.68. The van der Waals surface area contributed by atoms with Gasteiger partial charge < -0.3 is 4.74 Å². The number of hydrogen-bond acceptors (Lipinski definition) is 5. The molecular formula is C7H8N2O3S. The molecule has 0 amide bonds. The lowest BCUT2D eigenvalue weighted by atomic mass is 10.3. The van der Waals surface area contributed by atoms with Crippen molar-refractivity contribution in [3.63, 3.8) is 0 Å². The maximum absolute atomic E-state index is 11.1. The highest BCUT2D eigenvalue weighted by molar-refractivity contribution is 7.08. The molecule has 0 bridgehead atoms. The van der Waals surface area contributed by atoms with Gasteiger partial charge in [0.25, 0.3) is 0 Å². The van der Waals surface area contributed by atoms with E-state index in [1.807, 2.05) is 0 Å². The zero-order valence-electron chi connectivity index (χ0n) is 6.85. The fourth-order valence-electron chi connectivity index (χ4n) is 0.751. The monoisotopic (exact) mass is 200 g/mol. The van der Waals surface area contributed by atoms with E-state index >= 15 is 0 Å². The molecule has 0 unspecified atom stereocenters. The van der Waals surface area contributed by atoms with Crippen LogP contribution in [0.15, 0.2) is 15.8 Å². The van der Waals surface area contributed by atoms with Crippen LogP contribution in [0, 0.1) is 0 Å². The summed E-state index contributed by atoms with van der Waals surface area (Å²) in [5, 5.41) is 11.6. The molecule has 13 heavy (non-hydrogen) atoms. The minimum atomic E-state index is -0.439. The van der Waals surface area contributed by atoms with Crippen molar-refractivity contribution in [3.05, 3.63) is 16.3 Å². The van der Waals surface area contributed by atoms with Crippen molar-refractivity contribution < 1.29 is 14.7 Å². The lowest BCUT2D eigenvalue weighted by molar-refractivity contribution is 0.0602. The van der Waals surface area contributed by atoms with E-state index in [1.54, 1.807) is 16.2 Å². The third-order valence-electron chi connectivity index (χ3n) is 1.31. The average Bonchev–Trinajstić information content (AvgIpc) is 2.61. The highest BCUT2D eigenvalue weighted by Crippen LogP contribution is 2.23. The van der Waals surface area contributed by atoms with Gasteiger partial charge in [0.15, 0.2) is 0 Å². The SMILES string of the molecule is COC(=O)c1cscc1N=CNO. The molecule has 0 fully saturated rings. The summed E-state index contributed by atoms with van der Waals surface area (Å²) in [6.07, 6.45) is 1.08. The molecule has 0 saturated heterocycles. The van der Waals surface area contributed by atoms with Crippen molar-refractivity contribution in [1.29, 1.82) is 0 Å². The minimum Gasteiger partial charge on any atom is -0.465 e. The second-order valence-electron chi connectivity index (χ2n) is 2.05. The normalized spacial score (nSPS) is 10.3. The van der Waals surface area contributed by atoms with E-state index in [0.29, 0.717) is 11.3 Å². The minimum absolute atomic E-state index is 0.388. The predicted molar refractivity (Wildman–Crippen MR) is 48.7 cm³/mol. The molecule has 1 aromatic heterocycles. The number of nitrogens with one attached hydrogen (secondary N) is 1. The second kappa shape index (κ2) is 4.58. The van der Waals surface area contributed by atoms with Crippen LogP contribution in [0.3, 0.4) is 0 Å². The van der Waals surface area contributed by atoms with Gasteiger partial charge in [-0.05, 0) is 0 Å². The topological polar surface area (TPSA) is 70.9 Å². The van der Waals surface area contributed by atoms with Crippen LogP contribution < -0.4 is 5.48 Å². The number of esters is 1. The Morgan fingerprint density at radius 3 is 3.15 bits per heavy atom. The summed E-state index contributed by atoms with van der Waals surface area (Å²) in [4.78, 5) is 14.9. The van der Waals surface area contributed by atoms with E-state index < -0.39 is 5.97 Å². The summed E-state index contributed by atoms with van der Waals surface area (Å²) in [6, 6.07) is 0. The first-order valence-electron chi connectivity index (χ1n) is 3.36. The lowest BCUT2D eigenvalue weighted by Gasteiger charge is -1.96. The molecule has 0 saturated carbocycles. The zero-order valence-corrected chi connectivity index (χ0v) is 7.67. The summed E-state index contributed by atoms with van der Waals surface area (Å²) in [7, 11) is 1.30. The number of aliphatic imine (C=N–C) groups is 1. The summed E-state index contributed by atoms with van der Waals surface area (Å²) >= 11 is 1.34. The van der Waals surface area contributed by atoms with Gasteiger partial charge in [0.2, 0.25) is 0 Å². The summed E-state index contributed by atoms with van der Waals surface area (Å²) < 4.78 is 4.53. The largest absolute Gasteiger partial charge is 0.465 e. The molecule has 0 atom stereocenters. The third kappa shape index (κ3) is 2.27. The Kier molecular flexibility index (Phi) is 3.41. The maximum atomic E-state index is 11.1. The number of nitrogens with zero attached hydrogens (tertiary/aromatic N) is 1. The number of ether oxygens (including phenoxy) is 1. The first-order chi connectivity index (χ1) is 6.29. The molecule has 0 radical (unpaired) electrons. The molecule has 6 heteroatoms. The predicted octanol–water partition coefficient (Wildman–Crippen LogP) is 1.17. The number of methoxy groups -OCH3 is 1. The summed E-state index contributed by atoms with van der Waals surface area (Å²) in [6.45, 7) is 0. The molecule has 1 heterocycles. The molecule has 1 rings (SSSR count). The Balaban J connectivity index is 2.89. The lowest BCUT2D eigenvalue weighted by Crippen LogP contribution is -2.02. The van der Waals surface area contributed by atoms with Crippen LogP contribution in [0.4, 0.5) is 5.69 Å². The van der Waals surface area contributed by atoms with Gasteiger partial charge in [-0.15, -0.1) is 11.3 Å². The van der Waals surface area contributed by atoms with E-state index in [-0.39, 0.29) is 0 Å². The van der Waals surface area contributed by atoms with Crippen molar-refractivity contribution in [2.75, 3.05) is 7.11 Å². The number of thiophene rings is 1. The highest BCUT2D eigenvalue weighted by atomic mass is 32.1. The van der Waals surface area contributed by atoms with Gasteiger partial charge in [0.1, 0.15) is 6.34 Å². The van der Waals surface area contributed by atoms with Gasteiger partial charge >= 0.3 is 5.97 Å².